The first-order chi connectivity index (χ1) is 9.11. The highest BCUT2D eigenvalue weighted by atomic mass is 79.9. The van der Waals surface area contributed by atoms with Gasteiger partial charge in [0.25, 0.3) is 0 Å². The third-order valence-electron chi connectivity index (χ3n) is 2.79. The number of benzene rings is 2. The minimum Gasteiger partial charge on any atom is -0.488 e. The fourth-order valence-electron chi connectivity index (χ4n) is 1.87. The van der Waals surface area contributed by atoms with Crippen LogP contribution >= 0.6 is 39.1 Å². The standard InChI is InChI=1S/C15H13BrCl2O/c1-10-6-13(16)7-12(8-17)15(10)19-9-11-4-2-3-5-14(11)18/h2-7H,8-9H2,1H3. The lowest BCUT2D eigenvalue weighted by Crippen LogP contribution is -2.00. The first-order valence-corrected chi connectivity index (χ1v) is 7.53. The summed E-state index contributed by atoms with van der Waals surface area (Å²) < 4.78 is 6.90. The first-order valence-electron chi connectivity index (χ1n) is 5.83. The van der Waals surface area contributed by atoms with Gasteiger partial charge in [-0.2, -0.15) is 0 Å². The summed E-state index contributed by atoms with van der Waals surface area (Å²) in [4.78, 5) is 0. The Kier molecular flexibility index (Phi) is 5.14. The molecule has 1 nitrogen and oxygen atoms in total. The van der Waals surface area contributed by atoms with Crippen molar-refractivity contribution in [2.75, 3.05) is 0 Å². The van der Waals surface area contributed by atoms with E-state index in [1.54, 1.807) is 0 Å². The number of rotatable bonds is 4. The van der Waals surface area contributed by atoms with Crippen molar-refractivity contribution in [1.29, 1.82) is 0 Å². The van der Waals surface area contributed by atoms with Gasteiger partial charge in [-0.15, -0.1) is 11.6 Å². The molecule has 100 valence electrons. The fraction of sp³-hybridized carbons (Fsp3) is 0.200. The van der Waals surface area contributed by atoms with Gasteiger partial charge in [0.15, 0.2) is 0 Å². The van der Waals surface area contributed by atoms with Gasteiger partial charge in [0.05, 0.1) is 5.88 Å². The number of ether oxygens (including phenoxy) is 1. The SMILES string of the molecule is Cc1cc(Br)cc(CCl)c1OCc1ccccc1Cl. The van der Waals surface area contributed by atoms with Gasteiger partial charge in [-0.05, 0) is 30.7 Å². The van der Waals surface area contributed by atoms with E-state index in [1.807, 2.05) is 43.3 Å². The Morgan fingerprint density at radius 2 is 1.89 bits per heavy atom. The van der Waals surface area contributed by atoms with Crippen LogP contribution in [-0.2, 0) is 12.5 Å². The van der Waals surface area contributed by atoms with Crippen LogP contribution in [0.15, 0.2) is 40.9 Å². The lowest BCUT2D eigenvalue weighted by molar-refractivity contribution is 0.301. The highest BCUT2D eigenvalue weighted by Gasteiger charge is 2.09. The molecular formula is C15H13BrCl2O. The lowest BCUT2D eigenvalue weighted by atomic mass is 10.1. The molecule has 0 atom stereocenters. The van der Waals surface area contributed by atoms with Gasteiger partial charge in [-0.3, -0.25) is 0 Å². The van der Waals surface area contributed by atoms with E-state index in [4.69, 9.17) is 27.9 Å². The maximum absolute atomic E-state index is 6.12. The van der Waals surface area contributed by atoms with Crippen LogP contribution in [-0.4, -0.2) is 0 Å². The van der Waals surface area contributed by atoms with Gasteiger partial charge in [0.2, 0.25) is 0 Å². The van der Waals surface area contributed by atoms with E-state index in [0.717, 1.165) is 26.9 Å². The highest BCUT2D eigenvalue weighted by Crippen LogP contribution is 2.30. The summed E-state index contributed by atoms with van der Waals surface area (Å²) in [6.07, 6.45) is 0. The molecule has 0 unspecified atom stereocenters. The van der Waals surface area contributed by atoms with E-state index in [-0.39, 0.29) is 0 Å². The zero-order valence-electron chi connectivity index (χ0n) is 10.4. The zero-order chi connectivity index (χ0) is 13.8. The summed E-state index contributed by atoms with van der Waals surface area (Å²) in [5, 5.41) is 0.713. The molecule has 0 spiro atoms. The predicted octanol–water partition coefficient (Wildman–Crippen LogP) is 5.73. The second-order valence-corrected chi connectivity index (χ2v) is 5.81. The molecule has 0 radical (unpaired) electrons. The normalized spacial score (nSPS) is 10.5. The third kappa shape index (κ3) is 3.65. The molecule has 0 aromatic heterocycles. The average molecular weight is 360 g/mol. The van der Waals surface area contributed by atoms with Crippen molar-refractivity contribution in [2.24, 2.45) is 0 Å². The van der Waals surface area contributed by atoms with Gasteiger partial charge >= 0.3 is 0 Å². The lowest BCUT2D eigenvalue weighted by Gasteiger charge is -2.14. The van der Waals surface area contributed by atoms with Crippen molar-refractivity contribution in [1.82, 2.24) is 0 Å². The molecule has 4 heteroatoms. The maximum atomic E-state index is 6.12. The average Bonchev–Trinajstić information content (AvgIpc) is 2.38. The van der Waals surface area contributed by atoms with E-state index in [1.165, 1.54) is 0 Å². The second-order valence-electron chi connectivity index (χ2n) is 4.22. The number of halogens is 3. The number of hydrogen-bond donors (Lipinski definition) is 0. The van der Waals surface area contributed by atoms with Crippen molar-refractivity contribution in [2.45, 2.75) is 19.4 Å². The van der Waals surface area contributed by atoms with Gasteiger partial charge < -0.3 is 4.74 Å². The van der Waals surface area contributed by atoms with Crippen molar-refractivity contribution in [3.63, 3.8) is 0 Å². The van der Waals surface area contributed by atoms with Crippen LogP contribution in [0.25, 0.3) is 0 Å². The maximum Gasteiger partial charge on any atom is 0.127 e. The molecule has 2 rings (SSSR count). The molecule has 0 saturated heterocycles. The smallest absolute Gasteiger partial charge is 0.127 e. The summed E-state index contributed by atoms with van der Waals surface area (Å²) in [7, 11) is 0. The van der Waals surface area contributed by atoms with Crippen LogP contribution in [0.3, 0.4) is 0 Å². The number of hydrogen-bond acceptors (Lipinski definition) is 1. The molecule has 2 aromatic carbocycles. The monoisotopic (exact) mass is 358 g/mol. The van der Waals surface area contributed by atoms with Crippen molar-refractivity contribution >= 4 is 39.1 Å². The molecule has 0 heterocycles. The Morgan fingerprint density at radius 3 is 2.58 bits per heavy atom. The first kappa shape index (κ1) is 14.7. The Balaban J connectivity index is 2.22. The Bertz CT molecular complexity index is 584. The molecule has 0 aliphatic rings. The summed E-state index contributed by atoms with van der Waals surface area (Å²) in [6.45, 7) is 2.44. The highest BCUT2D eigenvalue weighted by molar-refractivity contribution is 9.10. The molecule has 0 aliphatic heterocycles. The van der Waals surface area contributed by atoms with Gasteiger partial charge in [0, 0.05) is 20.6 Å². The van der Waals surface area contributed by atoms with Gasteiger partial charge in [0.1, 0.15) is 12.4 Å². The molecule has 0 aliphatic carbocycles. The molecule has 0 amide bonds. The van der Waals surface area contributed by atoms with Crippen LogP contribution in [0.5, 0.6) is 5.75 Å². The molecular weight excluding hydrogens is 347 g/mol. The third-order valence-corrected chi connectivity index (χ3v) is 3.90. The molecule has 0 bridgehead atoms. The molecule has 0 fully saturated rings. The largest absolute Gasteiger partial charge is 0.488 e. The van der Waals surface area contributed by atoms with E-state index < -0.39 is 0 Å². The van der Waals surface area contributed by atoms with Crippen molar-refractivity contribution in [3.05, 3.63) is 62.6 Å². The number of alkyl halides is 1. The van der Waals surface area contributed by atoms with E-state index in [0.29, 0.717) is 17.5 Å². The van der Waals surface area contributed by atoms with E-state index >= 15 is 0 Å². The van der Waals surface area contributed by atoms with Crippen LogP contribution < -0.4 is 4.74 Å². The zero-order valence-corrected chi connectivity index (χ0v) is 13.5. The minimum atomic E-state index is 0.415. The van der Waals surface area contributed by atoms with E-state index in [2.05, 4.69) is 15.9 Å². The Morgan fingerprint density at radius 1 is 1.16 bits per heavy atom. The molecule has 0 N–H and O–H groups in total. The van der Waals surface area contributed by atoms with E-state index in [9.17, 15) is 0 Å². The number of aryl methyl sites for hydroxylation is 1. The van der Waals surface area contributed by atoms with Crippen molar-refractivity contribution < 1.29 is 4.74 Å². The fourth-order valence-corrected chi connectivity index (χ4v) is 2.88. The quantitative estimate of drug-likeness (QED) is 0.633. The predicted molar refractivity (Wildman–Crippen MR) is 84.2 cm³/mol. The topological polar surface area (TPSA) is 9.23 Å². The van der Waals surface area contributed by atoms with Gasteiger partial charge in [-0.1, -0.05) is 45.7 Å². The second kappa shape index (κ2) is 6.65. The Hall–Kier alpha value is -0.700. The molecule has 2 aromatic rings. The summed E-state index contributed by atoms with van der Waals surface area (Å²) in [5.74, 6) is 1.25. The summed E-state index contributed by atoms with van der Waals surface area (Å²) in [6, 6.07) is 11.6. The van der Waals surface area contributed by atoms with Crippen LogP contribution in [0.2, 0.25) is 5.02 Å². The molecule has 19 heavy (non-hydrogen) atoms. The van der Waals surface area contributed by atoms with Crippen LogP contribution in [0, 0.1) is 6.92 Å². The summed E-state index contributed by atoms with van der Waals surface area (Å²) in [5.41, 5.74) is 2.99. The van der Waals surface area contributed by atoms with Crippen LogP contribution in [0.4, 0.5) is 0 Å². The molecule has 0 saturated carbocycles. The Labute approximate surface area is 131 Å². The van der Waals surface area contributed by atoms with Crippen LogP contribution in [0.1, 0.15) is 16.7 Å². The summed E-state index contributed by atoms with van der Waals surface area (Å²) >= 11 is 15.5. The van der Waals surface area contributed by atoms with Gasteiger partial charge in [-0.25, -0.2) is 0 Å². The minimum absolute atomic E-state index is 0.415. The van der Waals surface area contributed by atoms with Crippen molar-refractivity contribution in [3.8, 4) is 5.75 Å².